The van der Waals surface area contributed by atoms with Gasteiger partial charge in [-0.1, -0.05) is 6.92 Å². The molecule has 0 aliphatic carbocycles. The van der Waals surface area contributed by atoms with Gasteiger partial charge in [0.25, 0.3) is 10.0 Å². The number of sulfonamides is 1. The van der Waals surface area contributed by atoms with Crippen molar-refractivity contribution in [3.05, 3.63) is 42.0 Å². The van der Waals surface area contributed by atoms with Crippen molar-refractivity contribution >= 4 is 27.3 Å². The van der Waals surface area contributed by atoms with E-state index in [1.54, 1.807) is 35.2 Å². The van der Waals surface area contributed by atoms with Gasteiger partial charge in [0.05, 0.1) is 10.6 Å². The van der Waals surface area contributed by atoms with E-state index in [-0.39, 0.29) is 17.6 Å². The van der Waals surface area contributed by atoms with Crippen LogP contribution in [-0.2, 0) is 21.2 Å². The van der Waals surface area contributed by atoms with Crippen molar-refractivity contribution in [1.82, 2.24) is 0 Å². The molecule has 26 heavy (non-hydrogen) atoms. The average Bonchev–Trinajstić information content (AvgIpc) is 3.26. The predicted molar refractivity (Wildman–Crippen MR) is 96.2 cm³/mol. The third-order valence-corrected chi connectivity index (χ3v) is 5.86. The van der Waals surface area contributed by atoms with Gasteiger partial charge in [0.2, 0.25) is 12.7 Å². The number of rotatable bonds is 4. The van der Waals surface area contributed by atoms with E-state index in [1.165, 1.54) is 6.07 Å². The maximum absolute atomic E-state index is 12.7. The molecule has 2 aromatic rings. The molecular formula is C18H18N2O5S. The molecule has 0 unspecified atom stereocenters. The van der Waals surface area contributed by atoms with Crippen LogP contribution in [0.3, 0.4) is 0 Å². The first-order valence-electron chi connectivity index (χ1n) is 8.34. The molecule has 0 radical (unpaired) electrons. The molecule has 8 heteroatoms. The second-order valence-corrected chi connectivity index (χ2v) is 7.80. The van der Waals surface area contributed by atoms with Gasteiger partial charge in [-0.15, -0.1) is 0 Å². The van der Waals surface area contributed by atoms with E-state index < -0.39 is 10.0 Å². The highest BCUT2D eigenvalue weighted by Gasteiger charge is 2.26. The van der Waals surface area contributed by atoms with E-state index in [0.717, 1.165) is 11.3 Å². The Balaban J connectivity index is 1.60. The molecule has 0 atom stereocenters. The van der Waals surface area contributed by atoms with Crippen LogP contribution in [0.25, 0.3) is 0 Å². The van der Waals surface area contributed by atoms with Gasteiger partial charge >= 0.3 is 0 Å². The van der Waals surface area contributed by atoms with Crippen LogP contribution in [0.4, 0.5) is 11.4 Å². The summed E-state index contributed by atoms with van der Waals surface area (Å²) in [5.41, 5.74) is 2.05. The first kappa shape index (κ1) is 16.7. The summed E-state index contributed by atoms with van der Waals surface area (Å²) in [7, 11) is -3.75. The van der Waals surface area contributed by atoms with Crippen LogP contribution in [0.2, 0.25) is 0 Å². The van der Waals surface area contributed by atoms with Crippen LogP contribution >= 0.6 is 0 Å². The minimum absolute atomic E-state index is 0.0397. The van der Waals surface area contributed by atoms with Crippen molar-refractivity contribution in [2.45, 2.75) is 24.7 Å². The van der Waals surface area contributed by atoms with Crippen LogP contribution in [-0.4, -0.2) is 27.7 Å². The quantitative estimate of drug-likeness (QED) is 0.889. The highest BCUT2D eigenvalue weighted by atomic mass is 32.2. The molecule has 0 aromatic heterocycles. The SMILES string of the molecule is CCC(=O)N1CCc2cc(S(=O)(=O)Nc3ccc4c(c3)OCO4)ccc21. The molecule has 7 nitrogen and oxygen atoms in total. The number of carbonyl (C=O) groups excluding carboxylic acids is 1. The van der Waals surface area contributed by atoms with Gasteiger partial charge in [-0.3, -0.25) is 9.52 Å². The largest absolute Gasteiger partial charge is 0.454 e. The second-order valence-electron chi connectivity index (χ2n) is 6.11. The zero-order valence-electron chi connectivity index (χ0n) is 14.2. The summed E-state index contributed by atoms with van der Waals surface area (Å²) in [5.74, 6) is 1.14. The zero-order chi connectivity index (χ0) is 18.3. The summed E-state index contributed by atoms with van der Waals surface area (Å²) in [4.78, 5) is 13.8. The van der Waals surface area contributed by atoms with Crippen LogP contribution in [0.15, 0.2) is 41.3 Å². The van der Waals surface area contributed by atoms with Gasteiger partial charge in [0.1, 0.15) is 0 Å². The minimum atomic E-state index is -3.75. The Labute approximate surface area is 151 Å². The van der Waals surface area contributed by atoms with Crippen molar-refractivity contribution < 1.29 is 22.7 Å². The zero-order valence-corrected chi connectivity index (χ0v) is 15.0. The number of ether oxygens (including phenoxy) is 2. The van der Waals surface area contributed by atoms with E-state index in [4.69, 9.17) is 9.47 Å². The lowest BCUT2D eigenvalue weighted by molar-refractivity contribution is -0.118. The summed E-state index contributed by atoms with van der Waals surface area (Å²) in [6.07, 6.45) is 1.07. The molecule has 1 N–H and O–H groups in total. The number of anilines is 2. The second kappa shape index (κ2) is 6.21. The number of nitrogens with one attached hydrogen (secondary N) is 1. The van der Waals surface area contributed by atoms with Gasteiger partial charge in [-0.2, -0.15) is 0 Å². The lowest BCUT2D eigenvalue weighted by Crippen LogP contribution is -2.27. The van der Waals surface area contributed by atoms with Gasteiger partial charge in [0.15, 0.2) is 11.5 Å². The normalized spacial score (nSPS) is 15.0. The Bertz CT molecular complexity index is 987. The fourth-order valence-corrected chi connectivity index (χ4v) is 4.27. The van der Waals surface area contributed by atoms with Crippen molar-refractivity contribution in [3.63, 3.8) is 0 Å². The molecule has 2 aliphatic heterocycles. The van der Waals surface area contributed by atoms with Crippen LogP contribution in [0.5, 0.6) is 11.5 Å². The third kappa shape index (κ3) is 2.86. The molecule has 0 spiro atoms. The lowest BCUT2D eigenvalue weighted by Gasteiger charge is -2.16. The topological polar surface area (TPSA) is 84.9 Å². The summed E-state index contributed by atoms with van der Waals surface area (Å²) in [6, 6.07) is 9.74. The molecular weight excluding hydrogens is 356 g/mol. The maximum Gasteiger partial charge on any atom is 0.261 e. The molecule has 0 bridgehead atoms. The van der Waals surface area contributed by atoms with Crippen molar-refractivity contribution in [2.24, 2.45) is 0 Å². The maximum atomic E-state index is 12.7. The van der Waals surface area contributed by atoms with Crippen molar-refractivity contribution in [3.8, 4) is 11.5 Å². The minimum Gasteiger partial charge on any atom is -0.454 e. The molecule has 2 aliphatic rings. The molecule has 1 amide bonds. The monoisotopic (exact) mass is 374 g/mol. The van der Waals surface area contributed by atoms with Crippen molar-refractivity contribution in [1.29, 1.82) is 0 Å². The predicted octanol–water partition coefficient (Wildman–Crippen LogP) is 2.52. The highest BCUT2D eigenvalue weighted by Crippen LogP contribution is 2.35. The van der Waals surface area contributed by atoms with Crippen molar-refractivity contribution in [2.75, 3.05) is 23.0 Å². The van der Waals surface area contributed by atoms with Gasteiger partial charge in [-0.25, -0.2) is 8.42 Å². The average molecular weight is 374 g/mol. The molecule has 0 saturated carbocycles. The van der Waals surface area contributed by atoms with E-state index in [2.05, 4.69) is 4.72 Å². The summed E-state index contributed by atoms with van der Waals surface area (Å²) in [5, 5.41) is 0. The molecule has 0 saturated heterocycles. The number of carbonyl (C=O) groups is 1. The standard InChI is InChI=1S/C18H18N2O5S/c1-2-18(21)20-8-7-12-9-14(4-5-15(12)20)26(22,23)19-13-3-6-16-17(10-13)25-11-24-16/h3-6,9-10,19H,2,7-8,11H2,1H3. The summed E-state index contributed by atoms with van der Waals surface area (Å²) >= 11 is 0. The Morgan fingerprint density at radius 3 is 2.77 bits per heavy atom. The highest BCUT2D eigenvalue weighted by molar-refractivity contribution is 7.92. The first-order chi connectivity index (χ1) is 12.5. The van der Waals surface area contributed by atoms with Gasteiger partial charge < -0.3 is 14.4 Å². The molecule has 0 fully saturated rings. The van der Waals surface area contributed by atoms with Crippen LogP contribution < -0.4 is 19.1 Å². The van der Waals surface area contributed by atoms with E-state index in [1.807, 2.05) is 6.92 Å². The third-order valence-electron chi connectivity index (χ3n) is 4.49. The first-order valence-corrected chi connectivity index (χ1v) is 9.82. The Morgan fingerprint density at radius 2 is 1.96 bits per heavy atom. The van der Waals surface area contributed by atoms with Gasteiger partial charge in [-0.05, 0) is 42.3 Å². The number of fused-ring (bicyclic) bond motifs is 2. The van der Waals surface area contributed by atoms with E-state index >= 15 is 0 Å². The lowest BCUT2D eigenvalue weighted by atomic mass is 10.2. The van der Waals surface area contributed by atoms with E-state index in [9.17, 15) is 13.2 Å². The molecule has 136 valence electrons. The molecule has 4 rings (SSSR count). The van der Waals surface area contributed by atoms with Gasteiger partial charge in [0, 0.05) is 24.7 Å². The molecule has 2 heterocycles. The number of hydrogen-bond donors (Lipinski definition) is 1. The summed E-state index contributed by atoms with van der Waals surface area (Å²) in [6.45, 7) is 2.53. The Kier molecular flexibility index (Phi) is 3.99. The molecule has 2 aromatic carbocycles. The number of benzene rings is 2. The Hall–Kier alpha value is -2.74. The fraction of sp³-hybridized carbons (Fsp3) is 0.278. The van der Waals surface area contributed by atoms with Crippen LogP contribution in [0, 0.1) is 0 Å². The smallest absolute Gasteiger partial charge is 0.261 e. The van der Waals surface area contributed by atoms with Crippen LogP contribution in [0.1, 0.15) is 18.9 Å². The number of nitrogens with zero attached hydrogens (tertiary/aromatic N) is 1. The summed E-state index contributed by atoms with van der Waals surface area (Å²) < 4.78 is 38.5. The fourth-order valence-electron chi connectivity index (χ4n) is 3.17. The number of amides is 1. The Morgan fingerprint density at radius 1 is 1.15 bits per heavy atom. The number of hydrogen-bond acceptors (Lipinski definition) is 5. The van der Waals surface area contributed by atoms with E-state index in [0.29, 0.717) is 36.6 Å².